The van der Waals surface area contributed by atoms with Crippen LogP contribution in [0.25, 0.3) is 55.1 Å². The van der Waals surface area contributed by atoms with Gasteiger partial charge < -0.3 is 0 Å². The molecule has 2 heterocycles. The van der Waals surface area contributed by atoms with Crippen molar-refractivity contribution >= 4 is 26.5 Å². The van der Waals surface area contributed by atoms with E-state index in [1.807, 2.05) is 0 Å². The van der Waals surface area contributed by atoms with E-state index in [4.69, 9.17) is 0 Å². The smallest absolute Gasteiger partial charge is 0.0227 e. The summed E-state index contributed by atoms with van der Waals surface area (Å²) in [6.07, 6.45) is -0.0339. The molecular weight excluding hydrogens is 700 g/mol. The van der Waals surface area contributed by atoms with E-state index in [-0.39, 0.29) is 26.5 Å². The second-order valence-corrected chi connectivity index (χ2v) is 38.3. The quantitative estimate of drug-likeness (QED) is 0.159. The van der Waals surface area contributed by atoms with Crippen molar-refractivity contribution in [2.75, 3.05) is 0 Å². The molecule has 0 aliphatic carbocycles. The molecule has 0 fully saturated rings. The van der Waals surface area contributed by atoms with Crippen LogP contribution in [0.15, 0.2) is 84.9 Å². The normalized spacial score (nSPS) is 13.2. The summed E-state index contributed by atoms with van der Waals surface area (Å²) in [4.78, 5) is 0. The molecule has 0 N–H and O–H groups in total. The SMILES string of the molecule is Cc1cc(C)c(-c2cccc(-c3c(C)cc(C)cc3C)c2-p2p3p(-c4c(-c5c(C)cc(C)cc5C)cccc4-c4c(C)cc(C)cc4C)p23)c(C)c1. The van der Waals surface area contributed by atoms with Crippen LogP contribution in [0, 0.1) is 83.1 Å². The second-order valence-electron chi connectivity index (χ2n) is 15.6. The molecule has 2 aromatic heterocycles. The van der Waals surface area contributed by atoms with E-state index in [1.165, 1.54) is 111 Å². The monoisotopic (exact) mass is 750 g/mol. The van der Waals surface area contributed by atoms with E-state index in [9.17, 15) is 0 Å². The molecule has 0 aliphatic rings. The number of hydrogen-bond acceptors (Lipinski definition) is 0. The van der Waals surface area contributed by atoms with Crippen LogP contribution in [0.3, 0.4) is 0 Å². The summed E-state index contributed by atoms with van der Waals surface area (Å²) < 4.78 is 0. The van der Waals surface area contributed by atoms with Gasteiger partial charge in [-0.2, -0.15) is 0 Å². The third-order valence-corrected chi connectivity index (χ3v) is 48.4. The van der Waals surface area contributed by atoms with Crippen molar-refractivity contribution in [1.29, 1.82) is 0 Å². The van der Waals surface area contributed by atoms with E-state index in [0.717, 1.165) is 0 Å². The first kappa shape index (κ1) is 35.5. The fourth-order valence-electron chi connectivity index (χ4n) is 9.46. The predicted octanol–water partition coefficient (Wildman–Crippen LogP) is 17.2. The van der Waals surface area contributed by atoms with Crippen LogP contribution in [0.4, 0.5) is 0 Å². The standard InChI is InChI=1S/C48H50P4/c1-27-19-31(5)43(32(6)20-27)39-15-13-16-40(44-33(7)21-28(2)22-34(44)8)47(39)49-51-50(52(49)51)48-41(45-35(9)23-29(3)24-36(45)10)17-14-18-42(48)46-37(11)25-30(4)26-38(46)12/h13-26H,1-12H3. The van der Waals surface area contributed by atoms with Crippen LogP contribution in [-0.2, 0) is 0 Å². The molecule has 262 valence electrons. The minimum absolute atomic E-state index is 0.0170. The molecule has 8 aromatic rings. The molecule has 0 amide bonds. The third kappa shape index (κ3) is 5.84. The molecule has 0 aliphatic heterocycles. The van der Waals surface area contributed by atoms with Crippen molar-refractivity contribution in [2.24, 2.45) is 0 Å². The Morgan fingerprint density at radius 2 is 0.481 bits per heavy atom. The first-order valence-corrected chi connectivity index (χ1v) is 27.4. The molecule has 4 heteroatoms. The van der Waals surface area contributed by atoms with E-state index in [1.54, 1.807) is 10.6 Å². The van der Waals surface area contributed by atoms with Gasteiger partial charge in [-0.1, -0.05) is 107 Å². The van der Waals surface area contributed by atoms with Crippen molar-refractivity contribution in [1.82, 2.24) is 0 Å². The lowest BCUT2D eigenvalue weighted by Gasteiger charge is -2.22. The lowest BCUT2D eigenvalue weighted by atomic mass is 9.89. The number of hydrogen-bond donors (Lipinski definition) is 0. The molecule has 0 atom stereocenters. The van der Waals surface area contributed by atoms with Gasteiger partial charge in [0.2, 0.25) is 0 Å². The minimum atomic E-state index is -0.171. The summed E-state index contributed by atoms with van der Waals surface area (Å²) in [5, 5.41) is 3.42. The van der Waals surface area contributed by atoms with Crippen molar-refractivity contribution in [3.05, 3.63) is 152 Å². The summed E-state index contributed by atoms with van der Waals surface area (Å²) in [5.41, 5.74) is 28.6. The fourth-order valence-corrected chi connectivity index (χ4v) is 60.6. The van der Waals surface area contributed by atoms with Crippen molar-refractivity contribution in [3.63, 3.8) is 0 Å². The van der Waals surface area contributed by atoms with Crippen LogP contribution in [0.5, 0.6) is 0 Å². The molecule has 8 rings (SSSR count). The van der Waals surface area contributed by atoms with Gasteiger partial charge in [0, 0.05) is 10.6 Å². The van der Waals surface area contributed by atoms with Gasteiger partial charge in [-0.3, -0.25) is 0 Å². The minimum Gasteiger partial charge on any atom is -0.0610 e. The number of benzene rings is 6. The van der Waals surface area contributed by atoms with Gasteiger partial charge in [0.1, 0.15) is 0 Å². The Hall–Kier alpha value is -3.48. The Morgan fingerprint density at radius 1 is 0.288 bits per heavy atom. The average molecular weight is 751 g/mol. The first-order valence-electron chi connectivity index (χ1n) is 18.6. The Bertz CT molecular complexity index is 2250. The lowest BCUT2D eigenvalue weighted by Crippen LogP contribution is -1.95. The summed E-state index contributed by atoms with van der Waals surface area (Å²) in [7, 11) is 0. The van der Waals surface area contributed by atoms with Crippen molar-refractivity contribution in [3.8, 4) is 55.1 Å². The van der Waals surface area contributed by atoms with Gasteiger partial charge in [-0.25, -0.2) is 0 Å². The van der Waals surface area contributed by atoms with E-state index in [0.29, 0.717) is 0 Å². The maximum absolute atomic E-state index is 2.47. The second kappa shape index (κ2) is 13.1. The number of rotatable bonds is 6. The fraction of sp³-hybridized carbons (Fsp3) is 0.250. The summed E-state index contributed by atoms with van der Waals surface area (Å²) in [6.45, 7) is 27.3. The maximum Gasteiger partial charge on any atom is 0.0227 e. The van der Waals surface area contributed by atoms with Crippen LogP contribution in [0.2, 0.25) is 0 Å². The molecule has 6 aromatic carbocycles. The Kier molecular flexibility index (Phi) is 8.97. The van der Waals surface area contributed by atoms with Crippen molar-refractivity contribution in [2.45, 2.75) is 83.1 Å². The molecule has 0 radical (unpaired) electrons. The topological polar surface area (TPSA) is 0 Å². The Labute approximate surface area is 315 Å². The molecule has 0 unspecified atom stereocenters. The molecule has 0 nitrogen and oxygen atoms in total. The highest BCUT2D eigenvalue weighted by Crippen LogP contribution is 3.14. The van der Waals surface area contributed by atoms with Gasteiger partial charge in [-0.15, -0.1) is 0 Å². The van der Waals surface area contributed by atoms with Gasteiger partial charge in [-0.05, 0) is 199 Å². The largest absolute Gasteiger partial charge is 0.0610 e. The first-order chi connectivity index (χ1) is 24.8. The molecule has 0 bridgehead atoms. The maximum atomic E-state index is 2.47. The molecule has 0 saturated carbocycles. The highest BCUT2D eigenvalue weighted by Gasteiger charge is 2.40. The summed E-state index contributed by atoms with van der Waals surface area (Å²) in [6, 6.07) is 33.7. The Balaban J connectivity index is 1.42. The lowest BCUT2D eigenvalue weighted by molar-refractivity contribution is 1.31. The highest BCUT2D eigenvalue weighted by atomic mass is 33.1. The van der Waals surface area contributed by atoms with E-state index >= 15 is 0 Å². The zero-order valence-electron chi connectivity index (χ0n) is 32.9. The van der Waals surface area contributed by atoms with Crippen LogP contribution in [0.1, 0.15) is 66.8 Å². The van der Waals surface area contributed by atoms with Crippen LogP contribution < -0.4 is 0 Å². The number of aryl methyl sites for hydroxylation is 12. The van der Waals surface area contributed by atoms with Gasteiger partial charge >= 0.3 is 0 Å². The van der Waals surface area contributed by atoms with Crippen LogP contribution in [-0.4, -0.2) is 0 Å². The van der Waals surface area contributed by atoms with Gasteiger partial charge in [0.15, 0.2) is 0 Å². The zero-order chi connectivity index (χ0) is 36.9. The molecular formula is C48H50P4. The molecule has 0 spiro atoms. The molecule has 52 heavy (non-hydrogen) atoms. The molecule has 0 saturated heterocycles. The van der Waals surface area contributed by atoms with Gasteiger partial charge in [0.05, 0.1) is 0 Å². The van der Waals surface area contributed by atoms with Crippen LogP contribution >= 0.6 is 26.5 Å². The van der Waals surface area contributed by atoms with E-state index in [2.05, 4.69) is 168 Å². The average Bonchev–Trinajstić information content (AvgIpc) is 3.94. The summed E-state index contributed by atoms with van der Waals surface area (Å²) in [5.74, 6) is 0. The number of fused-ring (bicyclic) bond motifs is 1. The van der Waals surface area contributed by atoms with E-state index < -0.39 is 0 Å². The highest BCUT2D eigenvalue weighted by molar-refractivity contribution is 9.09. The third-order valence-electron chi connectivity index (χ3n) is 11.0. The Morgan fingerprint density at radius 3 is 0.673 bits per heavy atom. The van der Waals surface area contributed by atoms with Gasteiger partial charge in [0.25, 0.3) is 0 Å². The predicted molar refractivity (Wildman–Crippen MR) is 238 cm³/mol. The summed E-state index contributed by atoms with van der Waals surface area (Å²) >= 11 is 0. The van der Waals surface area contributed by atoms with Crippen molar-refractivity contribution < 1.29 is 0 Å². The zero-order valence-corrected chi connectivity index (χ0v) is 36.4.